The lowest BCUT2D eigenvalue weighted by Gasteiger charge is -2.08. The molecule has 0 bridgehead atoms. The molecule has 6 nitrogen and oxygen atoms in total. The van der Waals surface area contributed by atoms with Gasteiger partial charge in [-0.2, -0.15) is 0 Å². The molecule has 8 heteroatoms. The van der Waals surface area contributed by atoms with Crippen LogP contribution in [0.2, 0.25) is 0 Å². The number of halogens is 1. The number of hydrogen-bond donors (Lipinski definition) is 1. The summed E-state index contributed by atoms with van der Waals surface area (Å²) in [7, 11) is 3.20. The van der Waals surface area contributed by atoms with Gasteiger partial charge in [0.1, 0.15) is 17.1 Å². The van der Waals surface area contributed by atoms with Crippen LogP contribution in [0.5, 0.6) is 11.5 Å². The molecule has 148 valence electrons. The minimum atomic E-state index is -0.340. The van der Waals surface area contributed by atoms with Gasteiger partial charge in [-0.1, -0.05) is 15.9 Å². The minimum absolute atomic E-state index is 0.272. The van der Waals surface area contributed by atoms with E-state index in [0.29, 0.717) is 27.9 Å². The lowest BCUT2D eigenvalue weighted by molar-refractivity contribution is 0.0998. The van der Waals surface area contributed by atoms with Crippen LogP contribution >= 0.6 is 27.3 Å². The van der Waals surface area contributed by atoms with Gasteiger partial charge in [0.2, 0.25) is 0 Å². The average Bonchev–Trinajstić information content (AvgIpc) is 3.32. The summed E-state index contributed by atoms with van der Waals surface area (Å²) in [6.07, 6.45) is 0. The highest BCUT2D eigenvalue weighted by Crippen LogP contribution is 2.35. The number of amides is 1. The molecule has 0 aliphatic heterocycles. The number of rotatable bonds is 5. The van der Waals surface area contributed by atoms with Crippen LogP contribution in [0.3, 0.4) is 0 Å². The molecule has 0 saturated heterocycles. The summed E-state index contributed by atoms with van der Waals surface area (Å²) in [5, 5.41) is 6.04. The zero-order valence-electron chi connectivity index (χ0n) is 15.9. The fourth-order valence-corrected chi connectivity index (χ4v) is 4.10. The molecule has 1 amide bonds. The number of carbonyl (C=O) groups excluding carboxylic acids is 1. The molecule has 4 rings (SSSR count). The molecular formula is C21H17BrN2O4S. The summed E-state index contributed by atoms with van der Waals surface area (Å²) in [5.74, 6) is 1.30. The minimum Gasteiger partial charge on any atom is -0.497 e. The van der Waals surface area contributed by atoms with E-state index in [-0.39, 0.29) is 11.7 Å². The number of carbonyl (C=O) groups is 1. The van der Waals surface area contributed by atoms with Crippen LogP contribution < -0.4 is 14.8 Å². The van der Waals surface area contributed by atoms with Gasteiger partial charge < -0.3 is 13.9 Å². The lowest BCUT2D eigenvalue weighted by Crippen LogP contribution is -2.11. The third kappa shape index (κ3) is 3.73. The second-order valence-corrected chi connectivity index (χ2v) is 8.03. The van der Waals surface area contributed by atoms with E-state index in [4.69, 9.17) is 13.9 Å². The highest BCUT2D eigenvalue weighted by molar-refractivity contribution is 9.10. The van der Waals surface area contributed by atoms with Crippen molar-refractivity contribution in [1.82, 2.24) is 4.98 Å². The standard InChI is InChI=1S/C21H17BrN2O4S/c1-11-14-8-12(22)4-6-18(14)28-19(11)20(25)24-21-23-16(10-29-21)15-9-13(26-2)5-7-17(15)27-3/h4-10H,1-3H3,(H,23,24,25). The van der Waals surface area contributed by atoms with Crippen molar-refractivity contribution in [3.05, 3.63) is 57.6 Å². The largest absolute Gasteiger partial charge is 0.497 e. The SMILES string of the molecule is COc1ccc(OC)c(-c2csc(NC(=O)c3oc4ccc(Br)cc4c3C)n2)c1. The average molecular weight is 473 g/mol. The van der Waals surface area contributed by atoms with Crippen molar-refractivity contribution in [2.45, 2.75) is 6.92 Å². The predicted octanol–water partition coefficient (Wildman–Crippen LogP) is 5.90. The fraction of sp³-hybridized carbons (Fsp3) is 0.143. The molecule has 2 aromatic heterocycles. The van der Waals surface area contributed by atoms with E-state index >= 15 is 0 Å². The zero-order valence-corrected chi connectivity index (χ0v) is 18.3. The van der Waals surface area contributed by atoms with Gasteiger partial charge in [0.05, 0.1) is 19.9 Å². The van der Waals surface area contributed by atoms with Crippen LogP contribution in [0.1, 0.15) is 16.1 Å². The Balaban J connectivity index is 1.62. The molecule has 1 N–H and O–H groups in total. The number of furan rings is 1. The lowest BCUT2D eigenvalue weighted by atomic mass is 10.1. The summed E-state index contributed by atoms with van der Waals surface area (Å²) in [4.78, 5) is 17.3. The van der Waals surface area contributed by atoms with Crippen molar-refractivity contribution in [2.75, 3.05) is 19.5 Å². The van der Waals surface area contributed by atoms with Crippen molar-refractivity contribution in [1.29, 1.82) is 0 Å². The predicted molar refractivity (Wildman–Crippen MR) is 117 cm³/mol. The van der Waals surface area contributed by atoms with Crippen LogP contribution in [0.4, 0.5) is 5.13 Å². The molecule has 29 heavy (non-hydrogen) atoms. The Kier molecular flexibility index (Phi) is 5.29. The van der Waals surface area contributed by atoms with Crippen LogP contribution in [0, 0.1) is 6.92 Å². The van der Waals surface area contributed by atoms with Gasteiger partial charge in [0, 0.05) is 26.4 Å². The molecule has 0 aliphatic carbocycles. The molecule has 0 unspecified atom stereocenters. The first-order valence-electron chi connectivity index (χ1n) is 8.68. The number of fused-ring (bicyclic) bond motifs is 1. The van der Waals surface area contributed by atoms with Crippen molar-refractivity contribution in [3.63, 3.8) is 0 Å². The van der Waals surface area contributed by atoms with E-state index < -0.39 is 0 Å². The van der Waals surface area contributed by atoms with Gasteiger partial charge in [0.25, 0.3) is 5.91 Å². The van der Waals surface area contributed by atoms with Crippen LogP contribution in [0.25, 0.3) is 22.2 Å². The maximum absolute atomic E-state index is 12.8. The quantitative estimate of drug-likeness (QED) is 0.391. The van der Waals surface area contributed by atoms with E-state index in [0.717, 1.165) is 21.0 Å². The van der Waals surface area contributed by atoms with E-state index in [9.17, 15) is 4.79 Å². The first-order chi connectivity index (χ1) is 14.0. The number of nitrogens with one attached hydrogen (secondary N) is 1. The van der Waals surface area contributed by atoms with E-state index in [1.165, 1.54) is 11.3 Å². The maximum atomic E-state index is 12.8. The summed E-state index contributed by atoms with van der Waals surface area (Å²) in [6, 6.07) is 11.1. The second-order valence-electron chi connectivity index (χ2n) is 6.25. The number of aryl methyl sites for hydroxylation is 1. The van der Waals surface area contributed by atoms with E-state index in [1.54, 1.807) is 14.2 Å². The number of thiazole rings is 1. The smallest absolute Gasteiger partial charge is 0.293 e. The molecule has 0 atom stereocenters. The summed E-state index contributed by atoms with van der Waals surface area (Å²) in [5.41, 5.74) is 2.92. The molecule has 0 fully saturated rings. The van der Waals surface area contributed by atoms with Gasteiger partial charge >= 0.3 is 0 Å². The monoisotopic (exact) mass is 472 g/mol. The van der Waals surface area contributed by atoms with Gasteiger partial charge in [-0.25, -0.2) is 4.98 Å². The Morgan fingerprint density at radius 1 is 1.17 bits per heavy atom. The number of methoxy groups -OCH3 is 2. The first kappa shape index (κ1) is 19.5. The van der Waals surface area contributed by atoms with Crippen molar-refractivity contribution < 1.29 is 18.7 Å². The summed E-state index contributed by atoms with van der Waals surface area (Å²) in [6.45, 7) is 1.86. The molecule has 0 radical (unpaired) electrons. The van der Waals surface area contributed by atoms with E-state index in [1.807, 2.05) is 48.7 Å². The third-order valence-corrected chi connectivity index (χ3v) is 5.76. The Hall–Kier alpha value is -2.84. The molecule has 2 aromatic carbocycles. The molecular weight excluding hydrogens is 456 g/mol. The first-order valence-corrected chi connectivity index (χ1v) is 10.4. The Bertz CT molecular complexity index is 1210. The van der Waals surface area contributed by atoms with E-state index in [2.05, 4.69) is 26.2 Å². The Labute approximate surface area is 179 Å². The van der Waals surface area contributed by atoms with Crippen LogP contribution in [-0.4, -0.2) is 25.1 Å². The number of benzene rings is 2. The molecule has 0 aliphatic rings. The number of ether oxygens (including phenoxy) is 2. The number of aromatic nitrogens is 1. The number of hydrogen-bond acceptors (Lipinski definition) is 6. The zero-order chi connectivity index (χ0) is 20.5. The second kappa shape index (κ2) is 7.88. The number of nitrogens with zero attached hydrogens (tertiary/aromatic N) is 1. The molecule has 2 heterocycles. The Morgan fingerprint density at radius 3 is 2.76 bits per heavy atom. The topological polar surface area (TPSA) is 73.6 Å². The molecule has 0 saturated carbocycles. The molecule has 0 spiro atoms. The van der Waals surface area contributed by atoms with Crippen LogP contribution in [0.15, 0.2) is 50.7 Å². The summed E-state index contributed by atoms with van der Waals surface area (Å²) >= 11 is 4.77. The van der Waals surface area contributed by atoms with Gasteiger partial charge in [-0.15, -0.1) is 11.3 Å². The highest BCUT2D eigenvalue weighted by Gasteiger charge is 2.20. The van der Waals surface area contributed by atoms with Crippen molar-refractivity contribution in [3.8, 4) is 22.8 Å². The van der Waals surface area contributed by atoms with Crippen molar-refractivity contribution >= 4 is 49.3 Å². The normalized spacial score (nSPS) is 10.9. The summed E-state index contributed by atoms with van der Waals surface area (Å²) < 4.78 is 17.4. The fourth-order valence-electron chi connectivity index (χ4n) is 3.03. The van der Waals surface area contributed by atoms with Crippen molar-refractivity contribution in [2.24, 2.45) is 0 Å². The van der Waals surface area contributed by atoms with Gasteiger partial charge in [-0.3, -0.25) is 10.1 Å². The van der Waals surface area contributed by atoms with Gasteiger partial charge in [0.15, 0.2) is 10.9 Å². The van der Waals surface area contributed by atoms with Crippen LogP contribution in [-0.2, 0) is 0 Å². The Morgan fingerprint density at radius 2 is 2.00 bits per heavy atom. The third-order valence-electron chi connectivity index (χ3n) is 4.51. The highest BCUT2D eigenvalue weighted by atomic mass is 79.9. The maximum Gasteiger partial charge on any atom is 0.293 e. The molecule has 4 aromatic rings. The van der Waals surface area contributed by atoms with Gasteiger partial charge in [-0.05, 0) is 43.3 Å². The number of anilines is 1.